The predicted octanol–water partition coefficient (Wildman–Crippen LogP) is 2.84. The minimum atomic E-state index is -1.66. The van der Waals surface area contributed by atoms with E-state index in [4.69, 9.17) is 4.98 Å². The van der Waals surface area contributed by atoms with E-state index in [9.17, 15) is 13.9 Å². The molecule has 0 bridgehead atoms. The molecule has 0 fully saturated rings. The number of halogens is 2. The Hall–Kier alpha value is -2.65. The number of imidazole rings is 1. The normalized spacial score (nSPS) is 17.9. The van der Waals surface area contributed by atoms with Gasteiger partial charge in [-0.2, -0.15) is 5.10 Å². The van der Waals surface area contributed by atoms with Gasteiger partial charge < -0.3 is 9.67 Å². The van der Waals surface area contributed by atoms with Crippen molar-refractivity contribution in [2.24, 2.45) is 0 Å². The van der Waals surface area contributed by atoms with Gasteiger partial charge in [0.05, 0.1) is 18.8 Å². The standard InChI is InChI=1S/C22H28F2N6O/c1-15(28-7-8-29-10-19(21(2,3)4)27-20(29)11-28)22(31,12-30-14-25-13-26-30)17-6-5-16(23)9-18(17)24/h5-6,9-10,13-15,31H,7-8,11-12H2,1-4H3/t15-,22-/m1/s1. The summed E-state index contributed by atoms with van der Waals surface area (Å²) in [5, 5.41) is 15.9. The summed E-state index contributed by atoms with van der Waals surface area (Å²) >= 11 is 0. The molecule has 0 unspecified atom stereocenters. The molecule has 1 aliphatic heterocycles. The molecule has 0 radical (unpaired) electrons. The van der Waals surface area contributed by atoms with Crippen LogP contribution in [0.4, 0.5) is 8.78 Å². The third kappa shape index (κ3) is 4.12. The molecule has 3 heterocycles. The number of aromatic nitrogens is 5. The molecule has 0 amide bonds. The predicted molar refractivity (Wildman–Crippen MR) is 111 cm³/mol. The van der Waals surface area contributed by atoms with E-state index in [0.29, 0.717) is 19.6 Å². The van der Waals surface area contributed by atoms with Crippen molar-refractivity contribution in [3.8, 4) is 0 Å². The second-order valence-electron chi connectivity index (χ2n) is 9.27. The molecule has 2 atom stereocenters. The molecule has 4 rings (SSSR count). The molecule has 0 saturated heterocycles. The maximum Gasteiger partial charge on any atom is 0.137 e. The fourth-order valence-corrected chi connectivity index (χ4v) is 4.11. The van der Waals surface area contributed by atoms with Gasteiger partial charge in [-0.05, 0) is 13.0 Å². The molecule has 1 N–H and O–H groups in total. The van der Waals surface area contributed by atoms with Crippen molar-refractivity contribution in [3.05, 3.63) is 65.8 Å². The summed E-state index contributed by atoms with van der Waals surface area (Å²) in [4.78, 5) is 10.8. The summed E-state index contributed by atoms with van der Waals surface area (Å²) in [6, 6.07) is 2.77. The van der Waals surface area contributed by atoms with Gasteiger partial charge in [-0.1, -0.05) is 26.8 Å². The average molecular weight is 431 g/mol. The summed E-state index contributed by atoms with van der Waals surface area (Å²) in [7, 11) is 0. The molecule has 166 valence electrons. The molecule has 9 heteroatoms. The van der Waals surface area contributed by atoms with Crippen molar-refractivity contribution < 1.29 is 13.9 Å². The first kappa shape index (κ1) is 21.6. The van der Waals surface area contributed by atoms with E-state index < -0.39 is 23.3 Å². The molecule has 0 aliphatic carbocycles. The fourth-order valence-electron chi connectivity index (χ4n) is 4.11. The summed E-state index contributed by atoms with van der Waals surface area (Å²) < 4.78 is 32.0. The summed E-state index contributed by atoms with van der Waals surface area (Å²) in [5.41, 5.74) is -0.681. The Labute approximate surface area is 180 Å². The van der Waals surface area contributed by atoms with Crippen molar-refractivity contribution in [1.29, 1.82) is 0 Å². The van der Waals surface area contributed by atoms with Crippen molar-refractivity contribution in [1.82, 2.24) is 29.2 Å². The molecular weight excluding hydrogens is 402 g/mol. The number of hydrogen-bond donors (Lipinski definition) is 1. The Balaban J connectivity index is 1.68. The van der Waals surface area contributed by atoms with Crippen LogP contribution in [0.5, 0.6) is 0 Å². The van der Waals surface area contributed by atoms with E-state index in [1.165, 1.54) is 23.4 Å². The van der Waals surface area contributed by atoms with Crippen LogP contribution in [0.1, 0.15) is 44.8 Å². The van der Waals surface area contributed by atoms with Crippen LogP contribution in [0.25, 0.3) is 0 Å². The van der Waals surface area contributed by atoms with Gasteiger partial charge in [-0.3, -0.25) is 4.90 Å². The summed E-state index contributed by atoms with van der Waals surface area (Å²) in [6.45, 7) is 10.1. The van der Waals surface area contributed by atoms with E-state index in [2.05, 4.69) is 46.5 Å². The third-order valence-corrected chi connectivity index (χ3v) is 6.11. The van der Waals surface area contributed by atoms with Gasteiger partial charge in [0.25, 0.3) is 0 Å². The Bertz CT molecular complexity index is 1060. The van der Waals surface area contributed by atoms with Crippen LogP contribution in [0, 0.1) is 11.6 Å². The first-order valence-electron chi connectivity index (χ1n) is 10.4. The number of hydrogen-bond acceptors (Lipinski definition) is 5. The number of rotatable bonds is 5. The summed E-state index contributed by atoms with van der Waals surface area (Å²) in [5.74, 6) is -0.569. The highest BCUT2D eigenvalue weighted by atomic mass is 19.1. The average Bonchev–Trinajstić information content (AvgIpc) is 3.35. The Morgan fingerprint density at radius 2 is 1.97 bits per heavy atom. The van der Waals surface area contributed by atoms with Gasteiger partial charge >= 0.3 is 0 Å². The highest BCUT2D eigenvalue weighted by Gasteiger charge is 2.43. The largest absolute Gasteiger partial charge is 0.381 e. The van der Waals surface area contributed by atoms with Crippen molar-refractivity contribution >= 4 is 0 Å². The minimum Gasteiger partial charge on any atom is -0.381 e. The molecule has 3 aromatic rings. The second-order valence-corrected chi connectivity index (χ2v) is 9.27. The van der Waals surface area contributed by atoms with Crippen LogP contribution in [0.2, 0.25) is 0 Å². The molecule has 31 heavy (non-hydrogen) atoms. The maximum absolute atomic E-state index is 14.8. The topological polar surface area (TPSA) is 72.0 Å². The van der Waals surface area contributed by atoms with Crippen LogP contribution in [-0.2, 0) is 30.7 Å². The van der Waals surface area contributed by atoms with E-state index in [-0.39, 0.29) is 17.5 Å². The highest BCUT2D eigenvalue weighted by Crippen LogP contribution is 2.34. The highest BCUT2D eigenvalue weighted by molar-refractivity contribution is 5.27. The van der Waals surface area contributed by atoms with Crippen molar-refractivity contribution in [2.45, 2.75) is 64.4 Å². The van der Waals surface area contributed by atoms with Gasteiger partial charge in [0.2, 0.25) is 0 Å². The molecule has 7 nitrogen and oxygen atoms in total. The Kier molecular flexibility index (Phi) is 5.43. The molecule has 0 spiro atoms. The first-order chi connectivity index (χ1) is 14.6. The lowest BCUT2D eigenvalue weighted by Gasteiger charge is -2.42. The smallest absolute Gasteiger partial charge is 0.137 e. The third-order valence-electron chi connectivity index (χ3n) is 6.11. The lowest BCUT2D eigenvalue weighted by molar-refractivity contribution is -0.0709. The van der Waals surface area contributed by atoms with Crippen LogP contribution < -0.4 is 0 Å². The molecular formula is C22H28F2N6O. The van der Waals surface area contributed by atoms with Gasteiger partial charge in [-0.15, -0.1) is 0 Å². The van der Waals surface area contributed by atoms with Crippen molar-refractivity contribution in [2.75, 3.05) is 6.54 Å². The van der Waals surface area contributed by atoms with Gasteiger partial charge in [0.1, 0.15) is 35.7 Å². The van der Waals surface area contributed by atoms with Crippen LogP contribution in [0.15, 0.2) is 37.1 Å². The zero-order valence-corrected chi connectivity index (χ0v) is 18.3. The monoisotopic (exact) mass is 430 g/mol. The minimum absolute atomic E-state index is 0.0189. The second kappa shape index (κ2) is 7.80. The zero-order chi connectivity index (χ0) is 22.4. The summed E-state index contributed by atoms with van der Waals surface area (Å²) in [6.07, 6.45) is 4.91. The molecule has 1 aromatic carbocycles. The van der Waals surface area contributed by atoms with Gasteiger partial charge in [-0.25, -0.2) is 23.4 Å². The number of benzene rings is 1. The zero-order valence-electron chi connectivity index (χ0n) is 18.3. The van der Waals surface area contributed by atoms with Gasteiger partial charge in [0.15, 0.2) is 0 Å². The van der Waals surface area contributed by atoms with Crippen LogP contribution in [0.3, 0.4) is 0 Å². The van der Waals surface area contributed by atoms with E-state index >= 15 is 0 Å². The van der Waals surface area contributed by atoms with Crippen molar-refractivity contribution in [3.63, 3.8) is 0 Å². The lowest BCUT2D eigenvalue weighted by atomic mass is 9.85. The van der Waals surface area contributed by atoms with E-state index in [0.717, 1.165) is 23.7 Å². The quantitative estimate of drug-likeness (QED) is 0.674. The van der Waals surface area contributed by atoms with E-state index in [1.54, 1.807) is 0 Å². The van der Waals surface area contributed by atoms with E-state index in [1.807, 2.05) is 6.92 Å². The molecule has 0 saturated carbocycles. The number of nitrogens with zero attached hydrogens (tertiary/aromatic N) is 6. The maximum atomic E-state index is 14.8. The lowest BCUT2D eigenvalue weighted by Crippen LogP contribution is -2.53. The number of fused-ring (bicyclic) bond motifs is 1. The van der Waals surface area contributed by atoms with Gasteiger partial charge in [0, 0.05) is 42.4 Å². The Morgan fingerprint density at radius 3 is 2.61 bits per heavy atom. The molecule has 1 aliphatic rings. The fraction of sp³-hybridized carbons (Fsp3) is 0.500. The first-order valence-corrected chi connectivity index (χ1v) is 10.4. The SMILES string of the molecule is C[C@@H](N1CCn2cc(C(C)(C)C)nc2C1)[C@](O)(Cn1cncn1)c1ccc(F)cc1F. The molecule has 2 aromatic heterocycles. The van der Waals surface area contributed by atoms with Crippen LogP contribution in [-0.4, -0.2) is 46.9 Å². The number of aliphatic hydroxyl groups is 1. The Morgan fingerprint density at radius 1 is 1.19 bits per heavy atom. The van der Waals surface area contributed by atoms with Crippen LogP contribution >= 0.6 is 0 Å².